The van der Waals surface area contributed by atoms with Crippen molar-refractivity contribution in [2.75, 3.05) is 48.9 Å². The number of amides is 4. The average Bonchev–Trinajstić information content (AvgIpc) is 4.11. The van der Waals surface area contributed by atoms with Crippen LogP contribution in [-0.4, -0.2) is 93.2 Å². The van der Waals surface area contributed by atoms with Gasteiger partial charge in [-0.05, 0) is 97.9 Å². The van der Waals surface area contributed by atoms with E-state index in [2.05, 4.69) is 53.4 Å². The number of fused-ring (bicyclic) bond motifs is 2. The number of aliphatic hydroxyl groups is 1. The number of carbonyl (C=O) groups is 4. The average molecular weight is 873 g/mol. The maximum Gasteiger partial charge on any atom is 0.264 e. The van der Waals surface area contributed by atoms with Crippen LogP contribution in [0.5, 0.6) is 5.75 Å². The first-order chi connectivity index (χ1) is 30.4. The molecule has 6 atom stereocenters. The maximum absolute atomic E-state index is 15.7. The van der Waals surface area contributed by atoms with Crippen LogP contribution in [0.25, 0.3) is 0 Å². The molecular weight excluding hydrogens is 813 g/mol. The van der Waals surface area contributed by atoms with Gasteiger partial charge in [0, 0.05) is 35.9 Å². The fraction of sp³-hybridized carbons (Fsp3) is 0.429. The normalized spacial score (nSPS) is 24.1. The summed E-state index contributed by atoms with van der Waals surface area (Å²) in [5.41, 5.74) is 2.53. The zero-order chi connectivity index (χ0) is 44.3. The summed E-state index contributed by atoms with van der Waals surface area (Å²) in [4.78, 5) is 60.2. The number of anilines is 3. The van der Waals surface area contributed by atoms with E-state index in [0.717, 1.165) is 60.8 Å². The van der Waals surface area contributed by atoms with Crippen LogP contribution in [0.1, 0.15) is 55.7 Å². The first kappa shape index (κ1) is 44.2. The van der Waals surface area contributed by atoms with Crippen LogP contribution < -0.4 is 36.1 Å². The maximum atomic E-state index is 15.7. The molecule has 3 fully saturated rings. The highest BCUT2D eigenvalue weighted by Crippen LogP contribution is 2.60. The van der Waals surface area contributed by atoms with Crippen molar-refractivity contribution in [1.82, 2.24) is 15.5 Å². The second-order valence-corrected chi connectivity index (χ2v) is 22.7. The van der Waals surface area contributed by atoms with Crippen LogP contribution in [0.15, 0.2) is 97.1 Å². The number of benzene rings is 4. The number of nitrogens with one attached hydrogen (secondary N) is 4. The lowest BCUT2D eigenvalue weighted by atomic mass is 9.82. The van der Waals surface area contributed by atoms with E-state index in [4.69, 9.17) is 9.47 Å². The quantitative estimate of drug-likeness (QED) is 0.101. The molecule has 0 radical (unpaired) electrons. The minimum absolute atomic E-state index is 0.000158. The number of carbonyl (C=O) groups excluding carboxylic acids is 4. The van der Waals surface area contributed by atoms with Crippen molar-refractivity contribution in [2.45, 2.75) is 94.5 Å². The van der Waals surface area contributed by atoms with Crippen LogP contribution in [0.4, 0.5) is 17.1 Å². The van der Waals surface area contributed by atoms with E-state index in [0.29, 0.717) is 29.2 Å². The third-order valence-electron chi connectivity index (χ3n) is 13.7. The molecule has 332 valence electrons. The Kier molecular flexibility index (Phi) is 13.2. The molecular formula is C49H60N6O7Si. The van der Waals surface area contributed by atoms with E-state index in [1.807, 2.05) is 84.9 Å². The van der Waals surface area contributed by atoms with Gasteiger partial charge in [-0.3, -0.25) is 19.2 Å². The molecule has 5 N–H and O–H groups in total. The molecule has 0 aromatic heterocycles. The number of ether oxygens (including phenoxy) is 2. The molecule has 0 aliphatic carbocycles. The molecule has 14 heteroatoms. The van der Waals surface area contributed by atoms with E-state index in [-0.39, 0.29) is 67.4 Å². The van der Waals surface area contributed by atoms with E-state index in [9.17, 15) is 19.5 Å². The van der Waals surface area contributed by atoms with Gasteiger partial charge < -0.3 is 45.6 Å². The lowest BCUT2D eigenvalue weighted by Gasteiger charge is -2.37. The molecule has 0 bridgehead atoms. The molecule has 8 rings (SSSR count). The van der Waals surface area contributed by atoms with Gasteiger partial charge in [-0.15, -0.1) is 0 Å². The van der Waals surface area contributed by atoms with Crippen LogP contribution in [-0.2, 0) is 42.6 Å². The molecule has 4 aromatic carbocycles. The Hall–Kier alpha value is -5.38. The third-order valence-corrected chi connectivity index (χ3v) is 18.1. The Bertz CT molecular complexity index is 2300. The van der Waals surface area contributed by atoms with Gasteiger partial charge in [0.05, 0.1) is 58.6 Å². The predicted molar refractivity (Wildman–Crippen MR) is 247 cm³/mol. The summed E-state index contributed by atoms with van der Waals surface area (Å²) in [6, 6.07) is 30.4. The van der Waals surface area contributed by atoms with Gasteiger partial charge in [0.25, 0.3) is 5.91 Å². The van der Waals surface area contributed by atoms with Gasteiger partial charge >= 0.3 is 0 Å². The monoisotopic (exact) mass is 872 g/mol. The Morgan fingerprint density at radius 1 is 0.873 bits per heavy atom. The van der Waals surface area contributed by atoms with E-state index in [1.54, 1.807) is 16.9 Å². The van der Waals surface area contributed by atoms with Crippen LogP contribution in [0, 0.1) is 5.92 Å². The summed E-state index contributed by atoms with van der Waals surface area (Å²) >= 11 is 0. The second kappa shape index (κ2) is 18.8. The highest BCUT2D eigenvalue weighted by molar-refractivity contribution is 6.91. The van der Waals surface area contributed by atoms with Crippen LogP contribution in [0.3, 0.4) is 0 Å². The lowest BCUT2D eigenvalue weighted by molar-refractivity contribution is -0.150. The van der Waals surface area contributed by atoms with Crippen molar-refractivity contribution < 1.29 is 33.8 Å². The largest absolute Gasteiger partial charge is 0.497 e. The number of hydrogen-bond donors (Lipinski definition) is 5. The summed E-state index contributed by atoms with van der Waals surface area (Å²) < 4.78 is 12.9. The van der Waals surface area contributed by atoms with Crippen molar-refractivity contribution >= 4 is 54.0 Å². The minimum Gasteiger partial charge on any atom is -0.497 e. The molecule has 0 saturated carbocycles. The van der Waals surface area contributed by atoms with Gasteiger partial charge in [-0.1, -0.05) is 79.8 Å². The van der Waals surface area contributed by atoms with E-state index < -0.39 is 25.7 Å². The van der Waals surface area contributed by atoms with Gasteiger partial charge in [-0.25, -0.2) is 0 Å². The molecule has 4 amide bonds. The predicted octanol–water partition coefficient (Wildman–Crippen LogP) is 5.25. The van der Waals surface area contributed by atoms with Crippen LogP contribution >= 0.6 is 0 Å². The Morgan fingerprint density at radius 2 is 1.52 bits per heavy atom. The number of rotatable bonds is 15. The summed E-state index contributed by atoms with van der Waals surface area (Å²) in [7, 11) is -0.992. The van der Waals surface area contributed by atoms with Gasteiger partial charge in [0.2, 0.25) is 17.7 Å². The summed E-state index contributed by atoms with van der Waals surface area (Å²) in [6.45, 7) is 8.68. The molecule has 4 aromatic rings. The summed E-state index contributed by atoms with van der Waals surface area (Å²) in [5, 5.41) is 24.0. The topological polar surface area (TPSA) is 162 Å². The molecule has 63 heavy (non-hydrogen) atoms. The highest BCUT2D eigenvalue weighted by atomic mass is 28.3. The fourth-order valence-corrected chi connectivity index (χ4v) is 14.5. The molecule has 1 spiro atoms. The Labute approximate surface area is 370 Å². The zero-order valence-electron chi connectivity index (χ0n) is 36.7. The third kappa shape index (κ3) is 8.92. The van der Waals surface area contributed by atoms with Crippen LogP contribution in [0.2, 0.25) is 18.6 Å². The number of aliphatic hydroxyl groups excluding tert-OH is 1. The standard InChI is InChI=1S/C49H60N6O7Si/c1-32-45(63(3,4)38-20-18-37(61-2)19-21-38)43(29-44(57)54(25-26-56)30-33-11-6-5-7-12-33)62-49(32)39-28-36(53-47(59)41-16-10-24-51-41)17-22-42(39)55(48(49)60)31-34-13-8-14-35(27-34)52-46(58)40-15-9-23-50-40/h5-8,11-14,17-22,27-28,32,40-41,43,45,50-51,56H,9-10,15-16,23-26,29-31H2,1-4H3,(H,52,58)(H,53,59)/t32-,40+,41+,43+,45-,49+/m0/s1. The van der Waals surface area contributed by atoms with Crippen molar-refractivity contribution in [3.8, 4) is 5.75 Å². The molecule has 0 unspecified atom stereocenters. The summed E-state index contributed by atoms with van der Waals surface area (Å²) in [5.74, 6) is -0.315. The van der Waals surface area contributed by atoms with Gasteiger partial charge in [0.15, 0.2) is 5.60 Å². The lowest BCUT2D eigenvalue weighted by Crippen LogP contribution is -2.52. The molecule has 13 nitrogen and oxygen atoms in total. The van der Waals surface area contributed by atoms with Crippen molar-refractivity contribution in [2.24, 2.45) is 5.92 Å². The summed E-state index contributed by atoms with van der Waals surface area (Å²) in [6.07, 6.45) is 2.71. The molecule has 3 saturated heterocycles. The van der Waals surface area contributed by atoms with Crippen molar-refractivity contribution in [1.29, 1.82) is 0 Å². The number of hydrogen-bond acceptors (Lipinski definition) is 9. The van der Waals surface area contributed by atoms with E-state index in [1.165, 1.54) is 0 Å². The number of nitrogens with zero attached hydrogens (tertiary/aromatic N) is 2. The SMILES string of the molecule is COc1ccc([Si](C)(C)[C@@H]2[C@@H](CC(=O)N(CCO)Cc3ccccc3)O[C@]3(C(=O)N(Cc4cccc(NC(=O)[C@H]5CCCN5)c4)c4ccc(NC(=O)[C@H]5CCCN5)cc43)[C@H]2C)cc1. The van der Waals surface area contributed by atoms with E-state index >= 15 is 4.79 Å². The van der Waals surface area contributed by atoms with Crippen molar-refractivity contribution in [3.63, 3.8) is 0 Å². The minimum atomic E-state index is -2.63. The van der Waals surface area contributed by atoms with Gasteiger partial charge in [0.1, 0.15) is 5.75 Å². The number of methoxy groups -OCH3 is 1. The Balaban J connectivity index is 1.19. The zero-order valence-corrected chi connectivity index (χ0v) is 37.7. The molecule has 4 aliphatic rings. The van der Waals surface area contributed by atoms with Crippen molar-refractivity contribution in [3.05, 3.63) is 114 Å². The molecule has 4 aliphatic heterocycles. The second-order valence-electron chi connectivity index (χ2n) is 18.0. The van der Waals surface area contributed by atoms with Gasteiger partial charge in [-0.2, -0.15) is 0 Å². The highest BCUT2D eigenvalue weighted by Gasteiger charge is 2.66. The first-order valence-electron chi connectivity index (χ1n) is 22.3. The Morgan fingerprint density at radius 3 is 2.14 bits per heavy atom. The first-order valence-corrected chi connectivity index (χ1v) is 25.4. The smallest absolute Gasteiger partial charge is 0.264 e. The fourth-order valence-electron chi connectivity index (χ4n) is 10.5. The molecule has 4 heterocycles.